The smallest absolute Gasteiger partial charge is 0.317 e. The maximum Gasteiger partial charge on any atom is 0.317 e. The van der Waals surface area contributed by atoms with Crippen LogP contribution in [0.2, 0.25) is 0 Å². The quantitative estimate of drug-likeness (QED) is 0.397. The van der Waals surface area contributed by atoms with Gasteiger partial charge in [0.25, 0.3) is 0 Å². The summed E-state index contributed by atoms with van der Waals surface area (Å²) in [7, 11) is 0. The number of hydrogen-bond donors (Lipinski definition) is 0. The molecule has 4 heteroatoms. The molecule has 1 aromatic carbocycles. The van der Waals surface area contributed by atoms with Crippen LogP contribution in [0.4, 0.5) is 0 Å². The molecule has 4 nitrogen and oxygen atoms in total. The number of benzene rings is 1. The Hall–Kier alpha value is -2.10. The normalized spacial score (nSPS) is 10.5. The number of carbonyl (C=O) groups is 2. The van der Waals surface area contributed by atoms with E-state index in [-0.39, 0.29) is 13.0 Å². The molecule has 0 unspecified atom stereocenters. The van der Waals surface area contributed by atoms with Crippen LogP contribution in [0, 0.1) is 0 Å². The fraction of sp³-hybridized carbons (Fsp3) is 0.412. The summed E-state index contributed by atoms with van der Waals surface area (Å²) in [5.41, 5.74) is 1.03. The van der Waals surface area contributed by atoms with Gasteiger partial charge in [-0.2, -0.15) is 0 Å². The van der Waals surface area contributed by atoms with Crippen molar-refractivity contribution in [1.29, 1.82) is 0 Å². The molecular formula is C17H22O4. The third-order valence-corrected chi connectivity index (χ3v) is 2.75. The zero-order valence-electron chi connectivity index (χ0n) is 12.4. The number of esters is 2. The Morgan fingerprint density at radius 2 is 1.76 bits per heavy atom. The first-order valence-electron chi connectivity index (χ1n) is 7.25. The van der Waals surface area contributed by atoms with E-state index in [1.54, 1.807) is 6.08 Å². The largest absolute Gasteiger partial charge is 0.465 e. The van der Waals surface area contributed by atoms with Crippen LogP contribution in [0.1, 0.15) is 38.2 Å². The molecule has 0 N–H and O–H groups in total. The van der Waals surface area contributed by atoms with Crippen LogP contribution in [-0.4, -0.2) is 25.2 Å². The molecule has 0 bridgehead atoms. The molecular weight excluding hydrogens is 268 g/mol. The highest BCUT2D eigenvalue weighted by atomic mass is 16.6. The molecule has 0 amide bonds. The molecule has 0 aliphatic carbocycles. The molecule has 0 radical (unpaired) electrons. The highest BCUT2D eigenvalue weighted by molar-refractivity contribution is 5.91. The number of hydrogen-bond acceptors (Lipinski definition) is 4. The lowest BCUT2D eigenvalue weighted by atomic mass is 10.2. The van der Waals surface area contributed by atoms with E-state index in [0.29, 0.717) is 6.61 Å². The van der Waals surface area contributed by atoms with E-state index >= 15 is 0 Å². The molecule has 0 aliphatic rings. The lowest BCUT2D eigenvalue weighted by Crippen LogP contribution is -2.14. The number of unbranched alkanes of at least 4 members (excludes halogenated alkanes) is 2. The Kier molecular flexibility index (Phi) is 8.61. The van der Waals surface area contributed by atoms with Crippen molar-refractivity contribution in [2.45, 2.75) is 32.6 Å². The van der Waals surface area contributed by atoms with E-state index in [9.17, 15) is 9.59 Å². The topological polar surface area (TPSA) is 52.6 Å². The molecule has 1 rings (SSSR count). The van der Waals surface area contributed by atoms with E-state index in [0.717, 1.165) is 24.8 Å². The maximum absolute atomic E-state index is 11.4. The van der Waals surface area contributed by atoms with Gasteiger partial charge in [-0.05, 0) is 18.1 Å². The van der Waals surface area contributed by atoms with Crippen LogP contribution in [0.3, 0.4) is 0 Å². The van der Waals surface area contributed by atoms with Crippen LogP contribution in [0.5, 0.6) is 0 Å². The van der Waals surface area contributed by atoms with Gasteiger partial charge in [0.05, 0.1) is 6.61 Å². The molecule has 114 valence electrons. The van der Waals surface area contributed by atoms with E-state index < -0.39 is 11.9 Å². The molecule has 0 spiro atoms. The van der Waals surface area contributed by atoms with Gasteiger partial charge in [-0.1, -0.05) is 56.2 Å². The van der Waals surface area contributed by atoms with Crippen molar-refractivity contribution in [2.75, 3.05) is 13.2 Å². The molecule has 0 heterocycles. The van der Waals surface area contributed by atoms with Crippen molar-refractivity contribution >= 4 is 18.0 Å². The molecule has 0 aromatic heterocycles. The third-order valence-electron chi connectivity index (χ3n) is 2.75. The highest BCUT2D eigenvalue weighted by Gasteiger charge is 2.11. The molecule has 1 aromatic rings. The SMILES string of the molecule is CCCCCOC(=O)CC(=O)OC/C=C/c1ccccc1. The third kappa shape index (κ3) is 8.63. The van der Waals surface area contributed by atoms with Gasteiger partial charge in [0.15, 0.2) is 0 Å². The predicted molar refractivity (Wildman–Crippen MR) is 81.5 cm³/mol. The van der Waals surface area contributed by atoms with Crippen molar-refractivity contribution in [3.05, 3.63) is 42.0 Å². The summed E-state index contributed by atoms with van der Waals surface area (Å²) >= 11 is 0. The van der Waals surface area contributed by atoms with Gasteiger partial charge in [0.2, 0.25) is 0 Å². The number of rotatable bonds is 9. The second-order valence-electron chi connectivity index (χ2n) is 4.60. The van der Waals surface area contributed by atoms with Crippen molar-refractivity contribution in [3.63, 3.8) is 0 Å². The Morgan fingerprint density at radius 3 is 2.48 bits per heavy atom. The summed E-state index contributed by atoms with van der Waals surface area (Å²) in [6.45, 7) is 2.59. The molecule has 0 saturated heterocycles. The van der Waals surface area contributed by atoms with Gasteiger partial charge >= 0.3 is 11.9 Å². The van der Waals surface area contributed by atoms with Gasteiger partial charge < -0.3 is 9.47 Å². The van der Waals surface area contributed by atoms with Crippen molar-refractivity contribution in [3.8, 4) is 0 Å². The monoisotopic (exact) mass is 290 g/mol. The van der Waals surface area contributed by atoms with Crippen molar-refractivity contribution < 1.29 is 19.1 Å². The number of carbonyl (C=O) groups excluding carboxylic acids is 2. The predicted octanol–water partition coefficient (Wildman–Crippen LogP) is 3.37. The fourth-order valence-corrected chi connectivity index (χ4v) is 1.65. The number of ether oxygens (including phenoxy) is 2. The minimum absolute atomic E-state index is 0.150. The lowest BCUT2D eigenvalue weighted by molar-refractivity contribution is -0.153. The first-order chi connectivity index (χ1) is 10.2. The van der Waals surface area contributed by atoms with Gasteiger partial charge in [0.1, 0.15) is 13.0 Å². The van der Waals surface area contributed by atoms with Crippen LogP contribution < -0.4 is 0 Å². The molecule has 21 heavy (non-hydrogen) atoms. The van der Waals surface area contributed by atoms with Gasteiger partial charge in [-0.25, -0.2) is 0 Å². The first-order valence-corrected chi connectivity index (χ1v) is 7.25. The summed E-state index contributed by atoms with van der Waals surface area (Å²) in [4.78, 5) is 22.7. The molecule has 0 aliphatic heterocycles. The van der Waals surface area contributed by atoms with Crippen LogP contribution in [0.15, 0.2) is 36.4 Å². The minimum atomic E-state index is -0.562. The van der Waals surface area contributed by atoms with E-state index in [1.807, 2.05) is 36.4 Å². The average Bonchev–Trinajstić information content (AvgIpc) is 2.49. The van der Waals surface area contributed by atoms with Crippen LogP contribution >= 0.6 is 0 Å². The Bertz CT molecular complexity index is 451. The molecule has 0 fully saturated rings. The van der Waals surface area contributed by atoms with Crippen molar-refractivity contribution in [1.82, 2.24) is 0 Å². The lowest BCUT2D eigenvalue weighted by Gasteiger charge is -2.04. The second-order valence-corrected chi connectivity index (χ2v) is 4.60. The zero-order valence-corrected chi connectivity index (χ0v) is 12.4. The van der Waals surface area contributed by atoms with Crippen LogP contribution in [-0.2, 0) is 19.1 Å². The second kappa shape index (κ2) is 10.7. The van der Waals surface area contributed by atoms with Crippen molar-refractivity contribution in [2.24, 2.45) is 0 Å². The zero-order chi connectivity index (χ0) is 15.3. The highest BCUT2D eigenvalue weighted by Crippen LogP contribution is 2.01. The summed E-state index contributed by atoms with van der Waals surface area (Å²) < 4.78 is 9.87. The Morgan fingerprint density at radius 1 is 1.05 bits per heavy atom. The summed E-state index contributed by atoms with van der Waals surface area (Å²) in [6.07, 6.45) is 6.17. The van der Waals surface area contributed by atoms with Crippen LogP contribution in [0.25, 0.3) is 6.08 Å². The molecule has 0 atom stereocenters. The van der Waals surface area contributed by atoms with E-state index in [4.69, 9.17) is 9.47 Å². The summed E-state index contributed by atoms with van der Waals surface area (Å²) in [5, 5.41) is 0. The van der Waals surface area contributed by atoms with E-state index in [2.05, 4.69) is 6.92 Å². The summed E-state index contributed by atoms with van der Waals surface area (Å²) in [6, 6.07) is 9.70. The first kappa shape index (κ1) is 17.0. The fourth-order valence-electron chi connectivity index (χ4n) is 1.65. The van der Waals surface area contributed by atoms with Gasteiger partial charge in [-0.3, -0.25) is 9.59 Å². The minimum Gasteiger partial charge on any atom is -0.465 e. The summed E-state index contributed by atoms with van der Waals surface area (Å²) in [5.74, 6) is -1.09. The van der Waals surface area contributed by atoms with Gasteiger partial charge in [-0.15, -0.1) is 0 Å². The van der Waals surface area contributed by atoms with E-state index in [1.165, 1.54) is 0 Å². The van der Waals surface area contributed by atoms with Gasteiger partial charge in [0, 0.05) is 0 Å². The Balaban J connectivity index is 2.13. The average molecular weight is 290 g/mol. The standard InChI is InChI=1S/C17H22O4/c1-2-3-7-12-20-16(18)14-17(19)21-13-8-11-15-9-5-4-6-10-15/h4-6,8-11H,2-3,7,12-14H2,1H3/b11-8+. The molecule has 0 saturated carbocycles. The Labute approximate surface area is 125 Å². The maximum atomic E-state index is 11.4.